The van der Waals surface area contributed by atoms with Crippen molar-refractivity contribution in [1.82, 2.24) is 19.8 Å². The monoisotopic (exact) mass is 338 g/mol. The lowest BCUT2D eigenvalue weighted by molar-refractivity contribution is 0.0564. The Kier molecular flexibility index (Phi) is 4.20. The maximum absolute atomic E-state index is 12.9. The summed E-state index contributed by atoms with van der Waals surface area (Å²) in [5.74, 6) is 0.994. The number of nitrogens with zero attached hydrogens (tertiary/aromatic N) is 4. The van der Waals surface area contributed by atoms with Crippen molar-refractivity contribution in [2.75, 3.05) is 26.2 Å². The van der Waals surface area contributed by atoms with Crippen LogP contribution in [-0.4, -0.2) is 57.9 Å². The maximum Gasteiger partial charge on any atom is 0.254 e. The molecule has 1 atom stereocenters. The van der Waals surface area contributed by atoms with Crippen molar-refractivity contribution in [3.63, 3.8) is 0 Å². The predicted molar refractivity (Wildman–Crippen MR) is 98.7 cm³/mol. The molecule has 2 fully saturated rings. The van der Waals surface area contributed by atoms with E-state index in [1.54, 1.807) is 0 Å². The molecule has 0 bridgehead atoms. The average Bonchev–Trinajstić information content (AvgIpc) is 3.46. The molecule has 5 heteroatoms. The molecular weight excluding hydrogens is 312 g/mol. The zero-order valence-corrected chi connectivity index (χ0v) is 15.3. The Morgan fingerprint density at radius 1 is 1.04 bits per heavy atom. The Balaban J connectivity index is 1.47. The number of hydrogen-bond acceptors (Lipinski definition) is 4. The van der Waals surface area contributed by atoms with Crippen LogP contribution in [0.5, 0.6) is 0 Å². The summed E-state index contributed by atoms with van der Waals surface area (Å²) in [7, 11) is 0. The molecule has 2 heterocycles. The lowest BCUT2D eigenvalue weighted by Gasteiger charge is -2.38. The molecule has 5 nitrogen and oxygen atoms in total. The van der Waals surface area contributed by atoms with Crippen LogP contribution in [0.4, 0.5) is 0 Å². The van der Waals surface area contributed by atoms with Crippen LogP contribution in [0.3, 0.4) is 0 Å². The van der Waals surface area contributed by atoms with Crippen LogP contribution in [0.15, 0.2) is 18.2 Å². The summed E-state index contributed by atoms with van der Waals surface area (Å²) in [6, 6.07) is 6.34. The first-order valence-electron chi connectivity index (χ1n) is 9.31. The Labute approximate surface area is 149 Å². The number of rotatable bonds is 3. The van der Waals surface area contributed by atoms with E-state index in [0.717, 1.165) is 54.5 Å². The van der Waals surface area contributed by atoms with Crippen LogP contribution in [0.1, 0.15) is 41.5 Å². The lowest BCUT2D eigenvalue weighted by atomic mass is 10.1. The summed E-state index contributed by atoms with van der Waals surface area (Å²) in [6.07, 6.45) is 2.74. The van der Waals surface area contributed by atoms with Crippen LogP contribution in [0, 0.1) is 19.8 Å². The van der Waals surface area contributed by atoms with E-state index in [4.69, 9.17) is 0 Å². The predicted octanol–water partition coefficient (Wildman–Crippen LogP) is 2.80. The van der Waals surface area contributed by atoms with Gasteiger partial charge in [-0.3, -0.25) is 9.69 Å². The Morgan fingerprint density at radius 2 is 1.68 bits per heavy atom. The number of amides is 1. The summed E-state index contributed by atoms with van der Waals surface area (Å²) in [5.41, 5.74) is 4.22. The number of carbonyl (C=O) groups is 1. The number of piperazine rings is 1. The first-order chi connectivity index (χ1) is 12.0. The van der Waals surface area contributed by atoms with E-state index in [1.165, 1.54) is 12.8 Å². The van der Waals surface area contributed by atoms with Crippen LogP contribution in [0.2, 0.25) is 0 Å². The maximum atomic E-state index is 12.9. The van der Waals surface area contributed by atoms with Gasteiger partial charge in [0.05, 0.1) is 22.4 Å². The van der Waals surface area contributed by atoms with E-state index in [-0.39, 0.29) is 5.91 Å². The molecular formula is C20H26N4O. The van der Waals surface area contributed by atoms with Gasteiger partial charge in [0.15, 0.2) is 0 Å². The summed E-state index contributed by atoms with van der Waals surface area (Å²) >= 11 is 0. The van der Waals surface area contributed by atoms with Crippen molar-refractivity contribution < 1.29 is 4.79 Å². The van der Waals surface area contributed by atoms with E-state index < -0.39 is 0 Å². The number of aromatic nitrogens is 2. The third-order valence-electron chi connectivity index (χ3n) is 5.80. The van der Waals surface area contributed by atoms with Gasteiger partial charge in [-0.15, -0.1) is 0 Å². The fraction of sp³-hybridized carbons (Fsp3) is 0.550. The second-order valence-corrected chi connectivity index (χ2v) is 7.50. The standard InChI is InChI=1S/C20H26N4O/c1-13-14(2)22-19-12-17(6-7-18(19)21-13)20(25)24-10-8-23(9-11-24)15(3)16-4-5-16/h6-7,12,15-16H,4-5,8-11H2,1-3H3. The van der Waals surface area contributed by atoms with Crippen LogP contribution < -0.4 is 0 Å². The van der Waals surface area contributed by atoms with Crippen molar-refractivity contribution >= 4 is 16.9 Å². The number of benzene rings is 1. The number of hydrogen-bond donors (Lipinski definition) is 0. The molecule has 1 unspecified atom stereocenters. The SMILES string of the molecule is Cc1nc2ccc(C(=O)N3CCN(C(C)C4CC4)CC3)cc2nc1C. The summed E-state index contributed by atoms with van der Waals surface area (Å²) in [4.78, 5) is 26.5. The van der Waals surface area contributed by atoms with E-state index in [1.807, 2.05) is 36.9 Å². The summed E-state index contributed by atoms with van der Waals surface area (Å²) in [6.45, 7) is 9.84. The molecule has 1 saturated heterocycles. The molecule has 0 spiro atoms. The minimum atomic E-state index is 0.112. The van der Waals surface area contributed by atoms with Crippen molar-refractivity contribution in [3.8, 4) is 0 Å². The number of fused-ring (bicyclic) bond motifs is 1. The summed E-state index contributed by atoms with van der Waals surface area (Å²) < 4.78 is 0. The summed E-state index contributed by atoms with van der Waals surface area (Å²) in [5, 5.41) is 0. The molecule has 2 aromatic rings. The highest BCUT2D eigenvalue weighted by Gasteiger charge is 2.34. The highest BCUT2D eigenvalue weighted by molar-refractivity contribution is 5.97. The van der Waals surface area contributed by atoms with Gasteiger partial charge < -0.3 is 4.90 Å². The molecule has 0 N–H and O–H groups in total. The quantitative estimate of drug-likeness (QED) is 0.863. The molecule has 1 aromatic carbocycles. The zero-order valence-electron chi connectivity index (χ0n) is 15.3. The fourth-order valence-electron chi connectivity index (χ4n) is 3.76. The van der Waals surface area contributed by atoms with Crippen molar-refractivity contribution in [1.29, 1.82) is 0 Å². The van der Waals surface area contributed by atoms with Gasteiger partial charge in [-0.05, 0) is 57.7 Å². The molecule has 1 amide bonds. The van der Waals surface area contributed by atoms with Gasteiger partial charge in [0.25, 0.3) is 5.91 Å². The van der Waals surface area contributed by atoms with Gasteiger partial charge >= 0.3 is 0 Å². The second-order valence-electron chi connectivity index (χ2n) is 7.50. The van der Waals surface area contributed by atoms with Gasteiger partial charge in [0.1, 0.15) is 0 Å². The third-order valence-corrected chi connectivity index (χ3v) is 5.80. The molecule has 1 aliphatic carbocycles. The lowest BCUT2D eigenvalue weighted by Crippen LogP contribution is -2.51. The molecule has 1 aliphatic heterocycles. The molecule has 4 rings (SSSR count). The Morgan fingerprint density at radius 3 is 2.32 bits per heavy atom. The fourth-order valence-corrected chi connectivity index (χ4v) is 3.76. The largest absolute Gasteiger partial charge is 0.336 e. The Hall–Kier alpha value is -2.01. The molecule has 0 radical (unpaired) electrons. The molecule has 132 valence electrons. The minimum Gasteiger partial charge on any atom is -0.336 e. The highest BCUT2D eigenvalue weighted by Crippen LogP contribution is 2.35. The third kappa shape index (κ3) is 3.25. The van der Waals surface area contributed by atoms with E-state index >= 15 is 0 Å². The van der Waals surface area contributed by atoms with Crippen molar-refractivity contribution in [3.05, 3.63) is 35.2 Å². The second kappa shape index (κ2) is 6.37. The first-order valence-corrected chi connectivity index (χ1v) is 9.31. The van der Waals surface area contributed by atoms with Crippen LogP contribution in [0.25, 0.3) is 11.0 Å². The van der Waals surface area contributed by atoms with E-state index in [9.17, 15) is 4.79 Å². The highest BCUT2D eigenvalue weighted by atomic mass is 16.2. The van der Waals surface area contributed by atoms with E-state index in [0.29, 0.717) is 11.6 Å². The number of aryl methyl sites for hydroxylation is 2. The first kappa shape index (κ1) is 16.5. The van der Waals surface area contributed by atoms with Gasteiger partial charge in [0, 0.05) is 37.8 Å². The van der Waals surface area contributed by atoms with Crippen LogP contribution >= 0.6 is 0 Å². The van der Waals surface area contributed by atoms with Gasteiger partial charge in [-0.2, -0.15) is 0 Å². The topological polar surface area (TPSA) is 49.3 Å². The zero-order chi connectivity index (χ0) is 17.6. The normalized spacial score (nSPS) is 20.0. The molecule has 2 aliphatic rings. The number of carbonyl (C=O) groups excluding carboxylic acids is 1. The molecule has 1 aromatic heterocycles. The van der Waals surface area contributed by atoms with Gasteiger partial charge in [0.2, 0.25) is 0 Å². The minimum absolute atomic E-state index is 0.112. The van der Waals surface area contributed by atoms with Gasteiger partial charge in [-0.25, -0.2) is 9.97 Å². The molecule has 25 heavy (non-hydrogen) atoms. The smallest absolute Gasteiger partial charge is 0.254 e. The van der Waals surface area contributed by atoms with E-state index in [2.05, 4.69) is 21.8 Å². The molecule has 1 saturated carbocycles. The van der Waals surface area contributed by atoms with Crippen molar-refractivity contribution in [2.45, 2.75) is 39.7 Å². The van der Waals surface area contributed by atoms with Gasteiger partial charge in [-0.1, -0.05) is 0 Å². The van der Waals surface area contributed by atoms with Crippen LogP contribution in [-0.2, 0) is 0 Å². The van der Waals surface area contributed by atoms with Crippen molar-refractivity contribution in [2.24, 2.45) is 5.92 Å². The average molecular weight is 338 g/mol. The Bertz CT molecular complexity index is 807.